The van der Waals surface area contributed by atoms with Crippen molar-refractivity contribution < 1.29 is 14.3 Å². The molecule has 1 aliphatic rings. The largest absolute Gasteiger partial charge is 0.493 e. The molecule has 0 aliphatic carbocycles. The van der Waals surface area contributed by atoms with E-state index in [9.17, 15) is 9.59 Å². The van der Waals surface area contributed by atoms with E-state index in [0.717, 1.165) is 36.6 Å². The minimum absolute atomic E-state index is 0.0405. The van der Waals surface area contributed by atoms with Gasteiger partial charge in [-0.3, -0.25) is 9.59 Å². The van der Waals surface area contributed by atoms with Gasteiger partial charge in [-0.25, -0.2) is 4.98 Å². The third-order valence-electron chi connectivity index (χ3n) is 4.80. The van der Waals surface area contributed by atoms with Crippen molar-refractivity contribution in [1.29, 1.82) is 0 Å². The molecule has 0 bridgehead atoms. The maximum absolute atomic E-state index is 12.7. The molecular weight excluding hydrogens is 394 g/mol. The first-order chi connectivity index (χ1) is 14.1. The summed E-state index contributed by atoms with van der Waals surface area (Å²) in [6.07, 6.45) is 3.54. The molecular formula is C19H21N5O4S. The molecule has 1 fully saturated rings. The maximum atomic E-state index is 12.7. The molecule has 1 aromatic carbocycles. The molecule has 0 atom stereocenters. The Morgan fingerprint density at radius 1 is 1.21 bits per heavy atom. The molecule has 3 heterocycles. The molecule has 0 unspecified atom stereocenters. The summed E-state index contributed by atoms with van der Waals surface area (Å²) in [5, 5.41) is 7.88. The van der Waals surface area contributed by atoms with Gasteiger partial charge in [0.2, 0.25) is 10.1 Å². The Morgan fingerprint density at radius 2 is 1.97 bits per heavy atom. The fourth-order valence-electron chi connectivity index (χ4n) is 3.24. The van der Waals surface area contributed by atoms with Crippen molar-refractivity contribution in [2.45, 2.75) is 19.4 Å². The first kappa shape index (κ1) is 19.2. The number of nitrogens with zero attached hydrogens (tertiary/aromatic N) is 4. The lowest BCUT2D eigenvalue weighted by atomic mass is 10.2. The van der Waals surface area contributed by atoms with Gasteiger partial charge in [-0.15, -0.1) is 5.10 Å². The maximum Gasteiger partial charge on any atom is 0.288 e. The molecule has 1 N–H and O–H groups in total. The second-order valence-electron chi connectivity index (χ2n) is 6.62. The molecule has 1 saturated heterocycles. The fraction of sp³-hybridized carbons (Fsp3) is 0.368. The van der Waals surface area contributed by atoms with E-state index >= 15 is 0 Å². The van der Waals surface area contributed by atoms with E-state index in [2.05, 4.69) is 20.3 Å². The quantitative estimate of drug-likeness (QED) is 0.654. The van der Waals surface area contributed by atoms with Crippen LogP contribution >= 0.6 is 11.3 Å². The van der Waals surface area contributed by atoms with Crippen LogP contribution in [0.15, 0.2) is 29.2 Å². The molecule has 10 heteroatoms. The number of aromatic nitrogens is 3. The highest BCUT2D eigenvalue weighted by Gasteiger charge is 2.20. The van der Waals surface area contributed by atoms with Crippen LogP contribution in [0.2, 0.25) is 0 Å². The van der Waals surface area contributed by atoms with Gasteiger partial charge in [0, 0.05) is 25.8 Å². The van der Waals surface area contributed by atoms with Gasteiger partial charge in [0.05, 0.1) is 14.2 Å². The molecule has 0 spiro atoms. The van der Waals surface area contributed by atoms with E-state index in [1.54, 1.807) is 26.4 Å². The van der Waals surface area contributed by atoms with Crippen LogP contribution in [0.4, 0.5) is 5.13 Å². The van der Waals surface area contributed by atoms with E-state index in [1.807, 2.05) is 6.07 Å². The van der Waals surface area contributed by atoms with Gasteiger partial charge >= 0.3 is 0 Å². The lowest BCUT2D eigenvalue weighted by Crippen LogP contribution is -2.31. The van der Waals surface area contributed by atoms with Gasteiger partial charge in [0.1, 0.15) is 5.56 Å². The summed E-state index contributed by atoms with van der Waals surface area (Å²) in [5.41, 5.74) is 0.304. The number of fused-ring (bicyclic) bond motifs is 1. The van der Waals surface area contributed by atoms with Gasteiger partial charge in [0.25, 0.3) is 11.5 Å². The zero-order valence-corrected chi connectivity index (χ0v) is 17.0. The lowest BCUT2D eigenvalue weighted by molar-refractivity contribution is 0.0948. The summed E-state index contributed by atoms with van der Waals surface area (Å²) >= 11 is 1.36. The minimum atomic E-state index is -0.498. The molecule has 0 radical (unpaired) electrons. The van der Waals surface area contributed by atoms with E-state index in [4.69, 9.17) is 9.47 Å². The molecule has 2 aromatic heterocycles. The van der Waals surface area contributed by atoms with Crippen molar-refractivity contribution >= 4 is 27.3 Å². The molecule has 3 aromatic rings. The van der Waals surface area contributed by atoms with Crippen LogP contribution in [0, 0.1) is 0 Å². The number of hydrogen-bond donors (Lipinski definition) is 1. The Morgan fingerprint density at radius 3 is 2.69 bits per heavy atom. The molecule has 1 aliphatic heterocycles. The Balaban J connectivity index is 1.52. The lowest BCUT2D eigenvalue weighted by Gasteiger charge is -2.11. The molecule has 0 saturated carbocycles. The Kier molecular flexibility index (Phi) is 5.34. The SMILES string of the molecule is COc1ccc(CNC(=O)c2cnc3sc(N4CCCC4)nn3c2=O)cc1OC. The van der Waals surface area contributed by atoms with Crippen LogP contribution in [-0.4, -0.2) is 47.8 Å². The number of rotatable bonds is 6. The number of benzene rings is 1. The van der Waals surface area contributed by atoms with Gasteiger partial charge < -0.3 is 19.7 Å². The molecule has 9 nitrogen and oxygen atoms in total. The zero-order valence-electron chi connectivity index (χ0n) is 16.2. The second kappa shape index (κ2) is 8.08. The summed E-state index contributed by atoms with van der Waals surface area (Å²) in [4.78, 5) is 32.2. The van der Waals surface area contributed by atoms with E-state index in [1.165, 1.54) is 22.0 Å². The fourth-order valence-corrected chi connectivity index (χ4v) is 4.15. The van der Waals surface area contributed by atoms with E-state index < -0.39 is 11.5 Å². The number of methoxy groups -OCH3 is 2. The first-order valence-corrected chi connectivity index (χ1v) is 10.1. The van der Waals surface area contributed by atoms with Crippen LogP contribution in [0.1, 0.15) is 28.8 Å². The molecule has 1 amide bonds. The third kappa shape index (κ3) is 3.75. The van der Waals surface area contributed by atoms with Gasteiger partial charge in [-0.05, 0) is 30.5 Å². The minimum Gasteiger partial charge on any atom is -0.493 e. The van der Waals surface area contributed by atoms with Crippen molar-refractivity contribution in [2.75, 3.05) is 32.2 Å². The number of nitrogens with one attached hydrogen (secondary N) is 1. The average molecular weight is 415 g/mol. The third-order valence-corrected chi connectivity index (χ3v) is 5.78. The number of hydrogen-bond acceptors (Lipinski definition) is 8. The van der Waals surface area contributed by atoms with Crippen LogP contribution < -0.4 is 25.2 Å². The number of anilines is 1. The average Bonchev–Trinajstić information content (AvgIpc) is 3.42. The monoisotopic (exact) mass is 415 g/mol. The molecule has 29 heavy (non-hydrogen) atoms. The summed E-state index contributed by atoms with van der Waals surface area (Å²) in [7, 11) is 3.11. The highest BCUT2D eigenvalue weighted by molar-refractivity contribution is 7.20. The van der Waals surface area contributed by atoms with Crippen molar-refractivity contribution in [2.24, 2.45) is 0 Å². The summed E-state index contributed by atoms with van der Waals surface area (Å²) < 4.78 is 11.7. The molecule has 4 rings (SSSR count). The second-order valence-corrected chi connectivity index (χ2v) is 7.56. The normalized spacial score (nSPS) is 13.7. The highest BCUT2D eigenvalue weighted by Crippen LogP contribution is 2.27. The summed E-state index contributed by atoms with van der Waals surface area (Å²) in [5.74, 6) is 0.675. The first-order valence-electron chi connectivity index (χ1n) is 9.23. The Labute approximate surface area is 170 Å². The number of amides is 1. The Bertz CT molecular complexity index is 1100. The number of carbonyl (C=O) groups excluding carboxylic acids is 1. The van der Waals surface area contributed by atoms with Crippen LogP contribution in [-0.2, 0) is 6.54 Å². The Hall–Kier alpha value is -3.14. The van der Waals surface area contributed by atoms with Crippen LogP contribution in [0.5, 0.6) is 11.5 Å². The summed E-state index contributed by atoms with van der Waals surface area (Å²) in [6.45, 7) is 2.08. The van der Waals surface area contributed by atoms with Crippen molar-refractivity contribution in [3.63, 3.8) is 0 Å². The predicted molar refractivity (Wildman–Crippen MR) is 109 cm³/mol. The number of carbonyl (C=O) groups is 1. The standard InChI is InChI=1S/C19H21N5O4S/c1-27-14-6-5-12(9-15(14)28-2)10-20-16(25)13-11-21-18-24(17(13)26)22-19(29-18)23-7-3-4-8-23/h5-6,9,11H,3-4,7-8,10H2,1-2H3,(H,20,25). The predicted octanol–water partition coefficient (Wildman–Crippen LogP) is 1.70. The number of ether oxygens (including phenoxy) is 2. The van der Waals surface area contributed by atoms with Crippen molar-refractivity contribution in [3.05, 3.63) is 45.9 Å². The van der Waals surface area contributed by atoms with Crippen LogP contribution in [0.3, 0.4) is 0 Å². The molecule has 152 valence electrons. The van der Waals surface area contributed by atoms with Crippen molar-refractivity contribution in [1.82, 2.24) is 19.9 Å². The van der Waals surface area contributed by atoms with E-state index in [-0.39, 0.29) is 12.1 Å². The van der Waals surface area contributed by atoms with Gasteiger partial charge in [-0.1, -0.05) is 17.4 Å². The van der Waals surface area contributed by atoms with Crippen molar-refractivity contribution in [3.8, 4) is 11.5 Å². The van der Waals surface area contributed by atoms with Crippen LogP contribution in [0.25, 0.3) is 4.96 Å². The van der Waals surface area contributed by atoms with Gasteiger partial charge in [0.15, 0.2) is 11.5 Å². The smallest absolute Gasteiger partial charge is 0.288 e. The van der Waals surface area contributed by atoms with E-state index in [0.29, 0.717) is 16.5 Å². The van der Waals surface area contributed by atoms with Gasteiger partial charge in [-0.2, -0.15) is 4.52 Å². The topological polar surface area (TPSA) is 98.1 Å². The zero-order chi connectivity index (χ0) is 20.4. The highest BCUT2D eigenvalue weighted by atomic mass is 32.1. The summed E-state index contributed by atoms with van der Waals surface area (Å²) in [6, 6.07) is 5.35.